The molecule has 86 valence electrons. The highest BCUT2D eigenvalue weighted by molar-refractivity contribution is 6.34. The van der Waals surface area contributed by atoms with Crippen LogP contribution >= 0.6 is 11.6 Å². The number of halogens is 1. The van der Waals surface area contributed by atoms with Gasteiger partial charge in [0, 0.05) is 12.6 Å². The zero-order valence-corrected chi connectivity index (χ0v) is 10.2. The summed E-state index contributed by atoms with van der Waals surface area (Å²) < 4.78 is 0. The normalized spacial score (nSPS) is 19.1. The first-order chi connectivity index (χ1) is 7.66. The second kappa shape index (κ2) is 4.44. The van der Waals surface area contributed by atoms with Crippen LogP contribution in [0.2, 0.25) is 5.02 Å². The first kappa shape index (κ1) is 11.4. The van der Waals surface area contributed by atoms with Crippen molar-refractivity contribution in [2.45, 2.75) is 19.4 Å². The number of fused-ring (bicyclic) bond motifs is 1. The van der Waals surface area contributed by atoms with Crippen molar-refractivity contribution in [2.24, 2.45) is 0 Å². The summed E-state index contributed by atoms with van der Waals surface area (Å²) in [6.07, 6.45) is 1.00. The van der Waals surface area contributed by atoms with E-state index in [1.807, 2.05) is 18.2 Å². The quantitative estimate of drug-likeness (QED) is 0.877. The highest BCUT2D eigenvalue weighted by Crippen LogP contribution is 2.39. The molecule has 4 heteroatoms. The van der Waals surface area contributed by atoms with Gasteiger partial charge in [-0.05, 0) is 19.0 Å². The molecule has 0 spiro atoms. The summed E-state index contributed by atoms with van der Waals surface area (Å²) in [4.78, 5) is 13.7. The van der Waals surface area contributed by atoms with Crippen LogP contribution in [0.5, 0.6) is 0 Å². The van der Waals surface area contributed by atoms with E-state index in [2.05, 4.69) is 12.2 Å². The fourth-order valence-corrected chi connectivity index (χ4v) is 2.35. The summed E-state index contributed by atoms with van der Waals surface area (Å²) in [7, 11) is 1.76. The van der Waals surface area contributed by atoms with Crippen molar-refractivity contribution in [1.29, 1.82) is 0 Å². The van der Waals surface area contributed by atoms with Gasteiger partial charge < -0.3 is 10.2 Å². The average Bonchev–Trinajstić information content (AvgIpc) is 2.51. The van der Waals surface area contributed by atoms with E-state index < -0.39 is 0 Å². The SMILES string of the molecule is CCCNC1C(=O)N(C)c2c(Cl)cccc21. The largest absolute Gasteiger partial charge is 0.312 e. The highest BCUT2D eigenvalue weighted by atomic mass is 35.5. The van der Waals surface area contributed by atoms with Gasteiger partial charge in [0.15, 0.2) is 0 Å². The molecule has 1 aromatic carbocycles. The molecule has 1 aliphatic heterocycles. The Hall–Kier alpha value is -1.06. The van der Waals surface area contributed by atoms with Gasteiger partial charge >= 0.3 is 0 Å². The van der Waals surface area contributed by atoms with Crippen LogP contribution in [0.4, 0.5) is 5.69 Å². The molecule has 1 N–H and O–H groups in total. The Balaban J connectivity index is 2.38. The van der Waals surface area contributed by atoms with Crippen molar-refractivity contribution in [3.8, 4) is 0 Å². The van der Waals surface area contributed by atoms with Gasteiger partial charge in [-0.3, -0.25) is 4.79 Å². The first-order valence-corrected chi connectivity index (χ1v) is 5.84. The highest BCUT2D eigenvalue weighted by Gasteiger charge is 2.35. The molecule has 0 aromatic heterocycles. The molecule has 3 nitrogen and oxygen atoms in total. The van der Waals surface area contributed by atoms with E-state index in [4.69, 9.17) is 11.6 Å². The summed E-state index contributed by atoms with van der Waals surface area (Å²) >= 11 is 6.11. The maximum atomic E-state index is 12.0. The molecule has 1 aliphatic rings. The first-order valence-electron chi connectivity index (χ1n) is 5.46. The summed E-state index contributed by atoms with van der Waals surface area (Å²) in [6.45, 7) is 2.91. The average molecular weight is 239 g/mol. The molecule has 1 atom stereocenters. The van der Waals surface area contributed by atoms with E-state index in [0.717, 1.165) is 24.2 Å². The van der Waals surface area contributed by atoms with Crippen LogP contribution in [-0.2, 0) is 4.79 Å². The van der Waals surface area contributed by atoms with Crippen molar-refractivity contribution >= 4 is 23.2 Å². The molecule has 0 saturated heterocycles. The van der Waals surface area contributed by atoms with Gasteiger partial charge in [0.05, 0.1) is 10.7 Å². The number of likely N-dealkylation sites (N-methyl/N-ethyl adjacent to an activating group) is 1. The Morgan fingerprint density at radius 3 is 2.94 bits per heavy atom. The van der Waals surface area contributed by atoms with Crippen LogP contribution < -0.4 is 10.2 Å². The second-order valence-electron chi connectivity index (χ2n) is 3.96. The molecular weight excluding hydrogens is 224 g/mol. The Morgan fingerprint density at radius 2 is 2.25 bits per heavy atom. The number of benzene rings is 1. The Labute approximate surface area is 100 Å². The number of anilines is 1. The maximum Gasteiger partial charge on any atom is 0.248 e. The molecule has 1 heterocycles. The molecule has 0 aliphatic carbocycles. The molecule has 2 rings (SSSR count). The lowest BCUT2D eigenvalue weighted by molar-refractivity contribution is -0.119. The number of para-hydroxylation sites is 1. The Morgan fingerprint density at radius 1 is 1.50 bits per heavy atom. The fourth-order valence-electron chi connectivity index (χ4n) is 2.04. The van der Waals surface area contributed by atoms with E-state index in [9.17, 15) is 4.79 Å². The molecule has 1 amide bonds. The van der Waals surface area contributed by atoms with Crippen molar-refractivity contribution in [3.63, 3.8) is 0 Å². The van der Waals surface area contributed by atoms with E-state index >= 15 is 0 Å². The van der Waals surface area contributed by atoms with Gasteiger partial charge in [-0.2, -0.15) is 0 Å². The lowest BCUT2D eigenvalue weighted by Crippen LogP contribution is -2.32. The molecule has 1 aromatic rings. The van der Waals surface area contributed by atoms with Crippen LogP contribution in [0.3, 0.4) is 0 Å². The summed E-state index contributed by atoms with van der Waals surface area (Å²) in [6, 6.07) is 5.41. The number of nitrogens with zero attached hydrogens (tertiary/aromatic N) is 1. The second-order valence-corrected chi connectivity index (χ2v) is 4.37. The monoisotopic (exact) mass is 238 g/mol. The third kappa shape index (κ3) is 1.70. The van der Waals surface area contributed by atoms with Crippen molar-refractivity contribution in [2.75, 3.05) is 18.5 Å². The molecule has 16 heavy (non-hydrogen) atoms. The van der Waals surface area contributed by atoms with E-state index in [1.165, 1.54) is 0 Å². The van der Waals surface area contributed by atoms with Crippen LogP contribution in [0.15, 0.2) is 18.2 Å². The molecule has 0 fully saturated rings. The smallest absolute Gasteiger partial charge is 0.248 e. The minimum absolute atomic E-state index is 0.0663. The minimum atomic E-state index is -0.237. The predicted molar refractivity (Wildman–Crippen MR) is 65.9 cm³/mol. The minimum Gasteiger partial charge on any atom is -0.312 e. The number of amides is 1. The lowest BCUT2D eigenvalue weighted by Gasteiger charge is -2.12. The molecule has 0 bridgehead atoms. The number of nitrogens with one attached hydrogen (secondary N) is 1. The standard InChI is InChI=1S/C12H15ClN2O/c1-3-7-14-10-8-5-4-6-9(13)11(8)15(2)12(10)16/h4-6,10,14H,3,7H2,1-2H3. The van der Waals surface area contributed by atoms with Crippen molar-refractivity contribution < 1.29 is 4.79 Å². The number of rotatable bonds is 3. The number of hydrogen-bond acceptors (Lipinski definition) is 2. The van der Waals surface area contributed by atoms with Gasteiger partial charge in [-0.1, -0.05) is 30.7 Å². The van der Waals surface area contributed by atoms with Crippen LogP contribution in [0.1, 0.15) is 24.9 Å². The van der Waals surface area contributed by atoms with Crippen molar-refractivity contribution in [1.82, 2.24) is 5.32 Å². The maximum absolute atomic E-state index is 12.0. The zero-order chi connectivity index (χ0) is 11.7. The Kier molecular flexibility index (Phi) is 3.17. The summed E-state index contributed by atoms with van der Waals surface area (Å²) in [5, 5.41) is 3.88. The predicted octanol–water partition coefficient (Wildman–Crippen LogP) is 2.36. The van der Waals surface area contributed by atoms with Gasteiger partial charge in [0.1, 0.15) is 6.04 Å². The van der Waals surface area contributed by atoms with Gasteiger partial charge in [0.25, 0.3) is 0 Å². The third-order valence-corrected chi connectivity index (χ3v) is 3.15. The van der Waals surface area contributed by atoms with Crippen molar-refractivity contribution in [3.05, 3.63) is 28.8 Å². The summed E-state index contributed by atoms with van der Waals surface area (Å²) in [5.41, 5.74) is 1.82. The molecule has 1 unspecified atom stereocenters. The molecular formula is C12H15ClN2O. The lowest BCUT2D eigenvalue weighted by atomic mass is 10.1. The number of carbonyl (C=O) groups is 1. The van der Waals surface area contributed by atoms with Gasteiger partial charge in [-0.15, -0.1) is 0 Å². The Bertz CT molecular complexity index is 419. The van der Waals surface area contributed by atoms with Crippen LogP contribution in [0.25, 0.3) is 0 Å². The van der Waals surface area contributed by atoms with Crippen LogP contribution in [-0.4, -0.2) is 19.5 Å². The van der Waals surface area contributed by atoms with Gasteiger partial charge in [0.2, 0.25) is 5.91 Å². The topological polar surface area (TPSA) is 32.3 Å². The van der Waals surface area contributed by atoms with Gasteiger partial charge in [-0.25, -0.2) is 0 Å². The van der Waals surface area contributed by atoms with E-state index in [1.54, 1.807) is 11.9 Å². The van der Waals surface area contributed by atoms with Crippen LogP contribution in [0, 0.1) is 0 Å². The fraction of sp³-hybridized carbons (Fsp3) is 0.417. The number of carbonyl (C=O) groups excluding carboxylic acids is 1. The van der Waals surface area contributed by atoms with E-state index in [0.29, 0.717) is 5.02 Å². The molecule has 0 radical (unpaired) electrons. The molecule has 0 saturated carbocycles. The van der Waals surface area contributed by atoms with E-state index in [-0.39, 0.29) is 11.9 Å². The zero-order valence-electron chi connectivity index (χ0n) is 9.46. The number of hydrogen-bond donors (Lipinski definition) is 1. The summed E-state index contributed by atoms with van der Waals surface area (Å²) in [5.74, 6) is 0.0663. The third-order valence-electron chi connectivity index (χ3n) is 2.84.